The van der Waals surface area contributed by atoms with Gasteiger partial charge in [-0.3, -0.25) is 0 Å². The summed E-state index contributed by atoms with van der Waals surface area (Å²) in [6.07, 6.45) is 3.18. The van der Waals surface area contributed by atoms with Crippen LogP contribution in [0.4, 0.5) is 16.2 Å². The Balaban J connectivity index is 2.75. The Labute approximate surface area is 95.5 Å². The first-order valence-corrected chi connectivity index (χ1v) is 5.63. The van der Waals surface area contributed by atoms with E-state index in [9.17, 15) is 4.39 Å². The minimum atomic E-state index is -0.466. The number of hydrogen-bond donors (Lipinski definition) is 2. The van der Waals surface area contributed by atoms with Crippen LogP contribution in [0.3, 0.4) is 0 Å². The molecule has 1 atom stereocenters. The van der Waals surface area contributed by atoms with Gasteiger partial charge in [0, 0.05) is 6.04 Å². The quantitative estimate of drug-likeness (QED) is 0.809. The van der Waals surface area contributed by atoms with Crippen LogP contribution in [0.25, 0.3) is 0 Å². The Hall–Kier alpha value is -1.39. The van der Waals surface area contributed by atoms with E-state index in [1.807, 2.05) is 6.92 Å². The molecule has 0 aliphatic carbocycles. The van der Waals surface area contributed by atoms with E-state index in [2.05, 4.69) is 29.1 Å². The van der Waals surface area contributed by atoms with E-state index in [-0.39, 0.29) is 17.8 Å². The summed E-state index contributed by atoms with van der Waals surface area (Å²) in [6, 6.07) is 0.166. The highest BCUT2D eigenvalue weighted by molar-refractivity contribution is 5.40. The van der Waals surface area contributed by atoms with Gasteiger partial charge in [0.1, 0.15) is 0 Å². The van der Waals surface area contributed by atoms with Crippen LogP contribution in [-0.4, -0.2) is 16.0 Å². The van der Waals surface area contributed by atoms with Crippen molar-refractivity contribution in [3.05, 3.63) is 12.0 Å². The lowest BCUT2D eigenvalue weighted by Crippen LogP contribution is -2.26. The number of rotatable bonds is 5. The summed E-state index contributed by atoms with van der Waals surface area (Å²) < 4.78 is 13.4. The van der Waals surface area contributed by atoms with Crippen molar-refractivity contribution >= 4 is 11.8 Å². The van der Waals surface area contributed by atoms with Gasteiger partial charge in [-0.2, -0.15) is 4.98 Å². The Bertz CT molecular complexity index is 339. The molecule has 1 unspecified atom stereocenters. The Morgan fingerprint density at radius 3 is 2.62 bits per heavy atom. The monoisotopic (exact) mass is 226 g/mol. The first kappa shape index (κ1) is 12.7. The maximum absolute atomic E-state index is 13.4. The zero-order valence-corrected chi connectivity index (χ0v) is 10.00. The molecule has 1 aromatic heterocycles. The molecule has 0 bridgehead atoms. The third-order valence-electron chi connectivity index (χ3n) is 2.88. The van der Waals surface area contributed by atoms with Crippen LogP contribution in [-0.2, 0) is 0 Å². The van der Waals surface area contributed by atoms with E-state index in [0.717, 1.165) is 19.0 Å². The average molecular weight is 226 g/mol. The van der Waals surface area contributed by atoms with Gasteiger partial charge in [0.15, 0.2) is 11.6 Å². The summed E-state index contributed by atoms with van der Waals surface area (Å²) in [5, 5.41) is 3.05. The lowest BCUT2D eigenvalue weighted by molar-refractivity contribution is 0.435. The lowest BCUT2D eigenvalue weighted by Gasteiger charge is -2.23. The van der Waals surface area contributed by atoms with Crippen LogP contribution in [0.2, 0.25) is 0 Å². The second kappa shape index (κ2) is 5.63. The molecule has 0 saturated heterocycles. The highest BCUT2D eigenvalue weighted by Gasteiger charge is 2.15. The summed E-state index contributed by atoms with van der Waals surface area (Å²) in [5.74, 6) is 0.301. The molecule has 0 aliphatic heterocycles. The summed E-state index contributed by atoms with van der Waals surface area (Å²) in [4.78, 5) is 7.43. The van der Waals surface area contributed by atoms with Gasteiger partial charge < -0.3 is 11.1 Å². The molecule has 1 aromatic rings. The summed E-state index contributed by atoms with van der Waals surface area (Å²) >= 11 is 0. The standard InChI is InChI=1S/C11H19FN4/c1-4-8(5-2)7(3)15-10-9(12)6-14-11(13)16-10/h6-8H,4-5H2,1-3H3,(H3,13,14,15,16). The van der Waals surface area contributed by atoms with Crippen molar-refractivity contribution in [2.45, 2.75) is 39.7 Å². The Kier molecular flexibility index (Phi) is 4.46. The van der Waals surface area contributed by atoms with Crippen molar-refractivity contribution in [1.29, 1.82) is 0 Å². The summed E-state index contributed by atoms with van der Waals surface area (Å²) in [5.41, 5.74) is 5.42. The van der Waals surface area contributed by atoms with E-state index in [1.165, 1.54) is 0 Å². The summed E-state index contributed by atoms with van der Waals surface area (Å²) in [7, 11) is 0. The molecule has 3 N–H and O–H groups in total. The topological polar surface area (TPSA) is 63.8 Å². The number of halogens is 1. The number of aromatic nitrogens is 2. The molecular formula is C11H19FN4. The van der Waals surface area contributed by atoms with Gasteiger partial charge in [-0.05, 0) is 12.8 Å². The molecule has 1 heterocycles. The number of nitrogen functional groups attached to an aromatic ring is 1. The predicted molar refractivity (Wildman–Crippen MR) is 63.6 cm³/mol. The Morgan fingerprint density at radius 2 is 2.06 bits per heavy atom. The smallest absolute Gasteiger partial charge is 0.222 e. The van der Waals surface area contributed by atoms with E-state index >= 15 is 0 Å². The van der Waals surface area contributed by atoms with E-state index in [4.69, 9.17) is 5.73 Å². The van der Waals surface area contributed by atoms with E-state index in [0.29, 0.717) is 5.92 Å². The van der Waals surface area contributed by atoms with Gasteiger partial charge in [-0.1, -0.05) is 26.7 Å². The fraction of sp³-hybridized carbons (Fsp3) is 0.636. The van der Waals surface area contributed by atoms with Crippen LogP contribution in [0, 0.1) is 11.7 Å². The van der Waals surface area contributed by atoms with Crippen LogP contribution >= 0.6 is 0 Å². The number of nitrogens with two attached hydrogens (primary N) is 1. The van der Waals surface area contributed by atoms with E-state index in [1.54, 1.807) is 0 Å². The minimum absolute atomic E-state index is 0.0839. The van der Waals surface area contributed by atoms with Gasteiger partial charge in [0.25, 0.3) is 0 Å². The largest absolute Gasteiger partial charge is 0.368 e. The second-order valence-corrected chi connectivity index (χ2v) is 3.93. The van der Waals surface area contributed by atoms with Gasteiger partial charge in [0.2, 0.25) is 5.95 Å². The number of nitrogens with one attached hydrogen (secondary N) is 1. The molecule has 16 heavy (non-hydrogen) atoms. The fourth-order valence-electron chi connectivity index (χ4n) is 1.81. The lowest BCUT2D eigenvalue weighted by atomic mass is 9.95. The average Bonchev–Trinajstić information content (AvgIpc) is 2.25. The minimum Gasteiger partial charge on any atom is -0.368 e. The maximum Gasteiger partial charge on any atom is 0.222 e. The van der Waals surface area contributed by atoms with Crippen LogP contribution in [0.5, 0.6) is 0 Å². The zero-order chi connectivity index (χ0) is 12.1. The summed E-state index contributed by atoms with van der Waals surface area (Å²) in [6.45, 7) is 6.27. The van der Waals surface area contributed by atoms with Crippen LogP contribution in [0.15, 0.2) is 6.20 Å². The van der Waals surface area contributed by atoms with Crippen LogP contribution < -0.4 is 11.1 Å². The molecule has 0 radical (unpaired) electrons. The SMILES string of the molecule is CCC(CC)C(C)Nc1nc(N)ncc1F. The molecule has 0 spiro atoms. The van der Waals surface area contributed by atoms with Crippen molar-refractivity contribution in [1.82, 2.24) is 9.97 Å². The molecule has 5 heteroatoms. The van der Waals surface area contributed by atoms with Crippen molar-refractivity contribution in [2.24, 2.45) is 5.92 Å². The molecule has 90 valence electrons. The van der Waals surface area contributed by atoms with E-state index < -0.39 is 5.82 Å². The van der Waals surface area contributed by atoms with Crippen LogP contribution in [0.1, 0.15) is 33.6 Å². The molecule has 0 aliphatic rings. The molecule has 1 rings (SSSR count). The van der Waals surface area contributed by atoms with Gasteiger partial charge >= 0.3 is 0 Å². The molecule has 0 saturated carbocycles. The maximum atomic E-state index is 13.4. The molecule has 0 aromatic carbocycles. The number of nitrogens with zero attached hydrogens (tertiary/aromatic N) is 2. The zero-order valence-electron chi connectivity index (χ0n) is 10.00. The van der Waals surface area contributed by atoms with Gasteiger partial charge in [-0.25, -0.2) is 9.37 Å². The van der Waals surface area contributed by atoms with Crippen molar-refractivity contribution < 1.29 is 4.39 Å². The highest BCUT2D eigenvalue weighted by atomic mass is 19.1. The van der Waals surface area contributed by atoms with Gasteiger partial charge in [-0.15, -0.1) is 0 Å². The second-order valence-electron chi connectivity index (χ2n) is 3.93. The van der Waals surface area contributed by atoms with Crippen molar-refractivity contribution in [3.8, 4) is 0 Å². The highest BCUT2D eigenvalue weighted by Crippen LogP contribution is 2.18. The molecular weight excluding hydrogens is 207 g/mol. The third-order valence-corrected chi connectivity index (χ3v) is 2.88. The normalized spacial score (nSPS) is 12.8. The molecule has 4 nitrogen and oxygen atoms in total. The predicted octanol–water partition coefficient (Wildman–Crippen LogP) is 2.43. The number of anilines is 2. The molecule has 0 amide bonds. The third kappa shape index (κ3) is 3.05. The Morgan fingerprint density at radius 1 is 1.44 bits per heavy atom. The number of hydrogen-bond acceptors (Lipinski definition) is 4. The first-order valence-electron chi connectivity index (χ1n) is 5.63. The van der Waals surface area contributed by atoms with Gasteiger partial charge in [0.05, 0.1) is 6.20 Å². The fourth-order valence-corrected chi connectivity index (χ4v) is 1.81. The molecule has 0 fully saturated rings. The van der Waals surface area contributed by atoms with Crippen molar-refractivity contribution in [3.63, 3.8) is 0 Å². The van der Waals surface area contributed by atoms with Crippen molar-refractivity contribution in [2.75, 3.05) is 11.1 Å². The first-order chi connectivity index (χ1) is 7.58.